The molecular weight excluding hydrogens is 407 g/mol. The molecule has 2 aliphatic heterocycles. The van der Waals surface area contributed by atoms with Crippen molar-refractivity contribution < 1.29 is 38.0 Å². The third-order valence-electron chi connectivity index (χ3n) is 4.57. The minimum Gasteiger partial charge on any atom is -0.373 e. The quantitative estimate of drug-likeness (QED) is 0.494. The van der Waals surface area contributed by atoms with Gasteiger partial charge in [0.25, 0.3) is 0 Å². The largest absolute Gasteiger partial charge is 0.387 e. The summed E-state index contributed by atoms with van der Waals surface area (Å²) >= 11 is 0.798. The van der Waals surface area contributed by atoms with Crippen molar-refractivity contribution in [3.63, 3.8) is 0 Å². The van der Waals surface area contributed by atoms with E-state index in [0.717, 1.165) is 17.8 Å². The van der Waals surface area contributed by atoms with E-state index in [4.69, 9.17) is 23.5 Å². The lowest BCUT2D eigenvalue weighted by Gasteiger charge is -2.30. The van der Waals surface area contributed by atoms with Crippen LogP contribution in [0.1, 0.15) is 54.4 Å². The fourth-order valence-corrected chi connectivity index (χ4v) is 6.18. The molecule has 0 saturated carbocycles. The van der Waals surface area contributed by atoms with Crippen LogP contribution in [-0.4, -0.2) is 70.9 Å². The molecule has 0 aliphatic carbocycles. The van der Waals surface area contributed by atoms with Crippen LogP contribution in [0.2, 0.25) is 0 Å². The average molecular weight is 443 g/mol. The van der Waals surface area contributed by atoms with Gasteiger partial charge in [-0.15, -0.1) is 0 Å². The predicted molar refractivity (Wildman–Crippen MR) is 107 cm³/mol. The Labute approximate surface area is 171 Å². The van der Waals surface area contributed by atoms with E-state index in [1.807, 2.05) is 34.6 Å². The van der Waals surface area contributed by atoms with Crippen molar-refractivity contribution in [2.45, 2.75) is 103 Å². The van der Waals surface area contributed by atoms with Gasteiger partial charge in [0.15, 0.2) is 0 Å². The Morgan fingerprint density at radius 1 is 1.18 bits per heavy atom. The molecule has 2 fully saturated rings. The van der Waals surface area contributed by atoms with Crippen molar-refractivity contribution in [3.05, 3.63) is 0 Å². The van der Waals surface area contributed by atoms with E-state index < -0.39 is 18.7 Å². The number of hydrogen-bond donors (Lipinski definition) is 2. The topological polar surface area (TPSA) is 104 Å². The molecule has 0 aromatic heterocycles. The molecule has 166 valence electrons. The first-order valence-electron chi connectivity index (χ1n) is 9.88. The molecular formula is C18H35O8PS. The van der Waals surface area contributed by atoms with Crippen molar-refractivity contribution in [2.24, 2.45) is 0 Å². The van der Waals surface area contributed by atoms with Crippen LogP contribution in [0.4, 0.5) is 0 Å². The van der Waals surface area contributed by atoms with Gasteiger partial charge in [-0.3, -0.25) is 4.52 Å². The first-order chi connectivity index (χ1) is 12.9. The van der Waals surface area contributed by atoms with E-state index in [9.17, 15) is 14.6 Å². The third-order valence-corrected chi connectivity index (χ3v) is 7.58. The lowest BCUT2D eigenvalue weighted by Crippen LogP contribution is -2.45. The summed E-state index contributed by atoms with van der Waals surface area (Å²) in [6.07, 6.45) is -0.623. The Kier molecular flexibility index (Phi) is 8.84. The highest BCUT2D eigenvalue weighted by atomic mass is 32.7. The monoisotopic (exact) mass is 442 g/mol. The fraction of sp³-hybridized carbons (Fsp3) is 1.00. The molecule has 0 bridgehead atoms. The maximum Gasteiger partial charge on any atom is 0.387 e. The van der Waals surface area contributed by atoms with Crippen LogP contribution >= 0.6 is 18.2 Å². The van der Waals surface area contributed by atoms with Crippen LogP contribution in [0.15, 0.2) is 0 Å². The van der Waals surface area contributed by atoms with Gasteiger partial charge in [0.1, 0.15) is 12.7 Å². The molecule has 2 aliphatic rings. The molecule has 2 rings (SSSR count). The second kappa shape index (κ2) is 10.1. The molecule has 28 heavy (non-hydrogen) atoms. The number of aliphatic hydroxyl groups is 1. The standard InChI is InChI=1S/C18H35O8PS/c1-11(2)22-10-18(19)17(8-14(6)25-18)26-27(20,21)28-9-16-15(23-12(3)4)7-13(5)24-16/h11-17,19H,7-10H2,1-6H3,(H,20,21)/t13-,14-,15?,16+,17+,18+/m0/s1. The number of ether oxygens (including phenoxy) is 4. The number of rotatable bonds is 10. The maximum absolute atomic E-state index is 12.7. The Morgan fingerprint density at radius 2 is 1.86 bits per heavy atom. The molecule has 0 spiro atoms. The van der Waals surface area contributed by atoms with Crippen LogP contribution in [0.25, 0.3) is 0 Å². The van der Waals surface area contributed by atoms with Crippen LogP contribution in [0.3, 0.4) is 0 Å². The summed E-state index contributed by atoms with van der Waals surface area (Å²) in [5.41, 5.74) is 0. The van der Waals surface area contributed by atoms with Crippen molar-refractivity contribution >= 4 is 18.2 Å². The minimum atomic E-state index is -4.04. The van der Waals surface area contributed by atoms with E-state index in [1.54, 1.807) is 6.92 Å². The molecule has 2 heterocycles. The molecule has 0 radical (unpaired) electrons. The summed E-state index contributed by atoms with van der Waals surface area (Å²) in [4.78, 5) is 10.4. The summed E-state index contributed by atoms with van der Waals surface area (Å²) in [6.45, 7) is 7.15. The van der Waals surface area contributed by atoms with Crippen molar-refractivity contribution in [3.8, 4) is 0 Å². The highest BCUT2D eigenvalue weighted by Gasteiger charge is 2.50. The Morgan fingerprint density at radius 3 is 2.46 bits per heavy atom. The lowest BCUT2D eigenvalue weighted by molar-refractivity contribution is -0.251. The maximum atomic E-state index is 12.7. The van der Waals surface area contributed by atoms with E-state index in [1.165, 1.54) is 0 Å². The fourth-order valence-electron chi connectivity index (χ4n) is 3.42. The number of hydrogen-bond acceptors (Lipinski definition) is 8. The molecule has 2 N–H and O–H groups in total. The van der Waals surface area contributed by atoms with Gasteiger partial charge in [-0.05, 0) is 52.9 Å². The molecule has 8 nitrogen and oxygen atoms in total. The zero-order valence-electron chi connectivity index (χ0n) is 17.6. The van der Waals surface area contributed by atoms with Gasteiger partial charge >= 0.3 is 6.80 Å². The van der Waals surface area contributed by atoms with E-state index >= 15 is 0 Å². The SMILES string of the molecule is CC(C)OC[C@@]1(O)O[C@@H](C)C[C@H]1OP(=O)(O)SC[C@H]1O[C@@H](C)CC1OC(C)C. The van der Waals surface area contributed by atoms with Crippen LogP contribution < -0.4 is 0 Å². The summed E-state index contributed by atoms with van der Waals surface area (Å²) in [5, 5.41) is 10.7. The third kappa shape index (κ3) is 7.22. The summed E-state index contributed by atoms with van der Waals surface area (Å²) in [5.74, 6) is -1.48. The van der Waals surface area contributed by atoms with Gasteiger partial charge in [-0.2, -0.15) is 0 Å². The van der Waals surface area contributed by atoms with Gasteiger partial charge in [0, 0.05) is 18.6 Å². The summed E-state index contributed by atoms with van der Waals surface area (Å²) in [7, 11) is 0. The van der Waals surface area contributed by atoms with Crippen LogP contribution in [-0.2, 0) is 28.0 Å². The normalized spacial score (nSPS) is 38.4. The zero-order valence-corrected chi connectivity index (χ0v) is 19.3. The van der Waals surface area contributed by atoms with Gasteiger partial charge in [0.05, 0.1) is 36.6 Å². The van der Waals surface area contributed by atoms with Gasteiger partial charge in [-0.25, -0.2) is 4.57 Å². The zero-order chi connectivity index (χ0) is 21.1. The highest BCUT2D eigenvalue weighted by molar-refractivity contribution is 8.54. The summed E-state index contributed by atoms with van der Waals surface area (Å²) in [6, 6.07) is 0. The van der Waals surface area contributed by atoms with Crippen molar-refractivity contribution in [1.82, 2.24) is 0 Å². The van der Waals surface area contributed by atoms with Crippen LogP contribution in [0.5, 0.6) is 0 Å². The van der Waals surface area contributed by atoms with Gasteiger partial charge in [-0.1, -0.05) is 0 Å². The molecule has 0 aromatic rings. The highest BCUT2D eigenvalue weighted by Crippen LogP contribution is 2.59. The average Bonchev–Trinajstić information content (AvgIpc) is 3.02. The predicted octanol–water partition coefficient (Wildman–Crippen LogP) is 3.10. The Hall–Kier alpha value is 0.300. The van der Waals surface area contributed by atoms with Crippen molar-refractivity contribution in [1.29, 1.82) is 0 Å². The summed E-state index contributed by atoms with van der Waals surface area (Å²) < 4.78 is 40.8. The molecule has 7 atom stereocenters. The van der Waals surface area contributed by atoms with Gasteiger partial charge < -0.3 is 28.9 Å². The Bertz CT molecular complexity index is 548. The molecule has 0 aromatic carbocycles. The first kappa shape index (κ1) is 24.6. The Balaban J connectivity index is 1.93. The minimum absolute atomic E-state index is 0.0377. The molecule has 0 amide bonds. The second-order valence-electron chi connectivity index (χ2n) is 8.17. The smallest absolute Gasteiger partial charge is 0.373 e. The van der Waals surface area contributed by atoms with E-state index in [2.05, 4.69) is 0 Å². The molecule has 2 unspecified atom stereocenters. The first-order valence-corrected chi connectivity index (χ1v) is 13.1. The van der Waals surface area contributed by atoms with E-state index in [0.29, 0.717) is 6.42 Å². The van der Waals surface area contributed by atoms with Gasteiger partial charge in [0.2, 0.25) is 5.79 Å². The second-order valence-corrected chi connectivity index (χ2v) is 12.1. The van der Waals surface area contributed by atoms with Crippen LogP contribution in [0, 0.1) is 0 Å². The molecule has 10 heteroatoms. The lowest BCUT2D eigenvalue weighted by atomic mass is 10.1. The van der Waals surface area contributed by atoms with E-state index in [-0.39, 0.29) is 49.0 Å². The van der Waals surface area contributed by atoms with Crippen molar-refractivity contribution in [2.75, 3.05) is 12.4 Å². The molecule has 2 saturated heterocycles.